The van der Waals surface area contributed by atoms with Crippen LogP contribution in [-0.4, -0.2) is 96.2 Å². The quantitative estimate of drug-likeness (QED) is 0.0450. The van der Waals surface area contributed by atoms with Gasteiger partial charge in [0.1, 0.15) is 34.9 Å². The van der Waals surface area contributed by atoms with E-state index < -0.39 is 88.8 Å². The lowest BCUT2D eigenvalue weighted by molar-refractivity contribution is -0.160. The normalized spacial score (nSPS) is 28.3. The molecular weight excluding hydrogens is 819 g/mol. The van der Waals surface area contributed by atoms with Crippen molar-refractivity contribution < 1.29 is 58.9 Å². The molecule has 16 heteroatoms. The number of anilines is 1. The van der Waals surface area contributed by atoms with E-state index in [1.54, 1.807) is 39.8 Å². The van der Waals surface area contributed by atoms with Gasteiger partial charge in [0, 0.05) is 73.3 Å². The Balaban J connectivity index is 1.48. The van der Waals surface area contributed by atoms with Crippen molar-refractivity contribution in [3.63, 3.8) is 0 Å². The second kappa shape index (κ2) is 18.4. The SMILES string of the molecule is COC1/C=C/OC2(C)Oc3c(C)c(O)c4c(O)c(c(SCCc5nc6ccccc6[nH]5)c(O)c4c3C2=O)NC(=O)C(C)=C/C=C/C(C)C(O)C(C)C(O)C(C)C(OC(C)=O)C1C. The van der Waals surface area contributed by atoms with Gasteiger partial charge >= 0.3 is 11.8 Å². The number of nitrogens with one attached hydrogen (secondary N) is 2. The van der Waals surface area contributed by atoms with E-state index in [-0.39, 0.29) is 43.8 Å². The Kier molecular flexibility index (Phi) is 13.7. The average Bonchev–Trinajstić information content (AvgIpc) is 3.78. The van der Waals surface area contributed by atoms with Gasteiger partial charge in [-0.1, -0.05) is 58.1 Å². The number of nitrogens with zero attached hydrogens (tertiary/aromatic N) is 1. The molecule has 4 heterocycles. The molecule has 4 aromatic rings. The minimum atomic E-state index is -2.04. The first-order valence-electron chi connectivity index (χ1n) is 20.5. The zero-order valence-corrected chi connectivity index (χ0v) is 37.0. The largest absolute Gasteiger partial charge is 0.507 e. The number of methoxy groups -OCH3 is 1. The zero-order valence-electron chi connectivity index (χ0n) is 36.2. The van der Waals surface area contributed by atoms with E-state index in [1.807, 2.05) is 24.3 Å². The maximum absolute atomic E-state index is 14.5. The van der Waals surface area contributed by atoms with E-state index in [0.717, 1.165) is 22.8 Å². The van der Waals surface area contributed by atoms with Crippen molar-refractivity contribution in [1.82, 2.24) is 9.97 Å². The highest BCUT2D eigenvalue weighted by Gasteiger charge is 2.50. The molecule has 0 fully saturated rings. The summed E-state index contributed by atoms with van der Waals surface area (Å²) in [5, 5.41) is 61.0. The van der Waals surface area contributed by atoms with Gasteiger partial charge in [0.05, 0.1) is 51.5 Å². The van der Waals surface area contributed by atoms with Gasteiger partial charge in [-0.15, -0.1) is 11.8 Å². The second-order valence-electron chi connectivity index (χ2n) is 16.3. The summed E-state index contributed by atoms with van der Waals surface area (Å²) in [6.07, 6.45) is 3.98. The van der Waals surface area contributed by atoms with Crippen LogP contribution in [-0.2, 0) is 30.2 Å². The number of para-hydroxylation sites is 2. The standard InChI is InChI=1S/C46H55N3O12S/c1-21-13-12-14-22(2)45(57)49-35-39(54)33-32(40(55)43(35)62-20-18-31-47-28-15-10-11-16-29(28)48-31)34-42(26(6)38(33)53)61-46(8,44(34)56)59-19-17-30(58-9)23(3)41(60-27(7)50)25(5)37(52)24(4)36(21)51/h10-17,19,21,23-25,30,36-37,41,51-55H,18,20H2,1-9H3,(H,47,48)(H,49,57)/b13-12+,19-17+,22-14?. The molecular formula is C46H55N3O12S. The third-order valence-corrected chi connectivity index (χ3v) is 13.1. The number of hydrogen-bond donors (Lipinski definition) is 7. The van der Waals surface area contributed by atoms with Crippen LogP contribution < -0.4 is 10.1 Å². The number of aryl methyl sites for hydroxylation is 1. The summed E-state index contributed by atoms with van der Waals surface area (Å²) in [5.41, 5.74) is 1.50. The topological polar surface area (TPSA) is 230 Å². The molecule has 5 bridgehead atoms. The van der Waals surface area contributed by atoms with Gasteiger partial charge < -0.3 is 54.8 Å². The number of Topliss-reactive ketones (excluding diaryl/α,β-unsaturated/α-hetero) is 1. The minimum absolute atomic E-state index is 0.0164. The molecule has 0 saturated carbocycles. The van der Waals surface area contributed by atoms with Crippen LogP contribution in [0.15, 0.2) is 65.3 Å². The van der Waals surface area contributed by atoms with Crippen LogP contribution in [0, 0.1) is 30.6 Å². The third kappa shape index (κ3) is 8.73. The van der Waals surface area contributed by atoms with Crippen LogP contribution in [0.2, 0.25) is 0 Å². The fraction of sp³-hybridized carbons (Fsp3) is 0.435. The molecule has 62 heavy (non-hydrogen) atoms. The molecule has 15 nitrogen and oxygen atoms in total. The number of H-pyrrole nitrogens is 1. The van der Waals surface area contributed by atoms with E-state index in [4.69, 9.17) is 18.9 Å². The number of benzene rings is 3. The second-order valence-corrected chi connectivity index (χ2v) is 17.4. The van der Waals surface area contributed by atoms with Crippen molar-refractivity contribution >= 4 is 56.9 Å². The number of hydrogen-bond acceptors (Lipinski definition) is 14. The van der Waals surface area contributed by atoms with E-state index in [0.29, 0.717) is 18.0 Å². The third-order valence-electron chi connectivity index (χ3n) is 12.0. The van der Waals surface area contributed by atoms with Gasteiger partial charge in [-0.25, -0.2) is 4.98 Å². The molecule has 0 radical (unpaired) electrons. The molecule has 1 aromatic heterocycles. The van der Waals surface area contributed by atoms with Crippen LogP contribution in [0.5, 0.6) is 23.0 Å². The maximum atomic E-state index is 14.5. The number of fused-ring (bicyclic) bond motifs is 15. The summed E-state index contributed by atoms with van der Waals surface area (Å²) in [4.78, 5) is 48.6. The average molecular weight is 874 g/mol. The zero-order chi connectivity index (χ0) is 45.4. The van der Waals surface area contributed by atoms with Crippen LogP contribution in [0.3, 0.4) is 0 Å². The number of amides is 1. The summed E-state index contributed by atoms with van der Waals surface area (Å²) in [7, 11) is 1.44. The molecule has 7 rings (SSSR count). The highest BCUT2D eigenvalue weighted by Crippen LogP contribution is 2.57. The number of esters is 1. The highest BCUT2D eigenvalue weighted by molar-refractivity contribution is 7.99. The smallest absolute Gasteiger partial charge is 0.312 e. The maximum Gasteiger partial charge on any atom is 0.312 e. The van der Waals surface area contributed by atoms with Crippen molar-refractivity contribution in [2.75, 3.05) is 18.2 Å². The van der Waals surface area contributed by atoms with Crippen molar-refractivity contribution in [3.8, 4) is 23.0 Å². The summed E-state index contributed by atoms with van der Waals surface area (Å²) in [5.74, 6) is -7.25. The monoisotopic (exact) mass is 873 g/mol. The van der Waals surface area contributed by atoms with Crippen molar-refractivity contribution in [2.24, 2.45) is 23.7 Å². The van der Waals surface area contributed by atoms with Gasteiger partial charge in [0.25, 0.3) is 11.7 Å². The molecule has 332 valence electrons. The number of phenols is 3. The Hall–Kier alpha value is -5.55. The molecule has 0 aliphatic carbocycles. The number of ether oxygens (including phenoxy) is 4. The number of aromatic amines is 1. The Morgan fingerprint density at radius 3 is 2.34 bits per heavy atom. The van der Waals surface area contributed by atoms with Crippen molar-refractivity contribution in [1.29, 1.82) is 0 Å². The number of carbonyl (C=O) groups is 3. The first-order chi connectivity index (χ1) is 29.3. The number of aliphatic hydroxyl groups is 2. The van der Waals surface area contributed by atoms with Gasteiger partial charge in [-0.3, -0.25) is 14.4 Å². The van der Waals surface area contributed by atoms with Gasteiger partial charge in [-0.05, 0) is 32.1 Å². The molecule has 1 amide bonds. The lowest BCUT2D eigenvalue weighted by atomic mass is 9.78. The predicted molar refractivity (Wildman–Crippen MR) is 234 cm³/mol. The number of aliphatic hydroxyl groups excluding tert-OH is 2. The number of rotatable bonds is 6. The number of ketones is 1. The molecule has 9 atom stereocenters. The summed E-state index contributed by atoms with van der Waals surface area (Å²) in [6, 6.07) is 7.54. The Morgan fingerprint density at radius 1 is 0.952 bits per heavy atom. The fourth-order valence-electron chi connectivity index (χ4n) is 8.21. The molecule has 0 spiro atoms. The molecule has 0 saturated heterocycles. The highest BCUT2D eigenvalue weighted by atomic mass is 32.2. The minimum Gasteiger partial charge on any atom is -0.507 e. The lowest BCUT2D eigenvalue weighted by Crippen LogP contribution is -2.46. The number of aromatic nitrogens is 2. The Morgan fingerprint density at radius 2 is 1.66 bits per heavy atom. The Bertz CT molecular complexity index is 2450. The van der Waals surface area contributed by atoms with Gasteiger partial charge in [-0.2, -0.15) is 0 Å². The number of carbonyl (C=O) groups excluding carboxylic acids is 3. The number of thioether (sulfide) groups is 1. The summed E-state index contributed by atoms with van der Waals surface area (Å²) < 4.78 is 23.7. The van der Waals surface area contributed by atoms with Crippen LogP contribution in [0.4, 0.5) is 5.69 Å². The first kappa shape index (κ1) is 46.0. The van der Waals surface area contributed by atoms with Crippen LogP contribution >= 0.6 is 11.8 Å². The van der Waals surface area contributed by atoms with E-state index in [9.17, 15) is 39.9 Å². The molecule has 7 N–H and O–H groups in total. The van der Waals surface area contributed by atoms with Gasteiger partial charge in [0.2, 0.25) is 0 Å². The fourth-order valence-corrected chi connectivity index (χ4v) is 9.24. The predicted octanol–water partition coefficient (Wildman–Crippen LogP) is 6.97. The van der Waals surface area contributed by atoms with Crippen molar-refractivity contribution in [3.05, 3.63) is 77.4 Å². The Labute approximate surface area is 363 Å². The number of phenolic OH excluding ortho intramolecular Hbond substituents is 3. The summed E-state index contributed by atoms with van der Waals surface area (Å²) in [6.45, 7) is 12.6. The summed E-state index contributed by atoms with van der Waals surface area (Å²) >= 11 is 1.09. The van der Waals surface area contributed by atoms with Crippen LogP contribution in [0.25, 0.3) is 21.8 Å². The van der Waals surface area contributed by atoms with E-state index >= 15 is 0 Å². The number of imidazole rings is 1. The molecule has 3 aromatic carbocycles. The number of aromatic hydroxyl groups is 3. The van der Waals surface area contributed by atoms with Crippen molar-refractivity contribution in [2.45, 2.75) is 96.9 Å². The molecule has 3 aliphatic rings. The molecule has 9 unspecified atom stereocenters. The van der Waals surface area contributed by atoms with Gasteiger partial charge in [0.15, 0.2) is 5.75 Å². The van der Waals surface area contributed by atoms with Crippen LogP contribution in [0.1, 0.15) is 70.2 Å². The lowest BCUT2D eigenvalue weighted by Gasteiger charge is -2.38. The molecule has 3 aliphatic heterocycles. The number of allylic oxidation sites excluding steroid dienone is 2. The first-order valence-corrected chi connectivity index (χ1v) is 21.4. The van der Waals surface area contributed by atoms with E-state index in [2.05, 4.69) is 15.3 Å². The van der Waals surface area contributed by atoms with E-state index in [1.165, 1.54) is 53.2 Å².